The van der Waals surface area contributed by atoms with Gasteiger partial charge < -0.3 is 11.0 Å². The minimum absolute atomic E-state index is 0. The molecule has 0 aromatic rings. The molecule has 0 saturated carbocycles. The van der Waals surface area contributed by atoms with Crippen LogP contribution in [0.25, 0.3) is 0 Å². The Bertz CT molecular complexity index is 15.0. The van der Waals surface area contributed by atoms with Crippen LogP contribution in [-0.4, -0.2) is 52.9 Å². The van der Waals surface area contributed by atoms with Gasteiger partial charge in [0.1, 0.15) is 0 Å². The van der Waals surface area contributed by atoms with Crippen LogP contribution in [0.5, 0.6) is 0 Å². The standard InChI is InChI=1S/BHO2.Na.2H2O/c2-1-3;;;/h2H;;2*1H2. The van der Waals surface area contributed by atoms with Gasteiger partial charge in [0, 0.05) is 29.6 Å². The molecule has 0 heterocycles. The predicted octanol–water partition coefficient (Wildman–Crippen LogP) is -3.09. The van der Waals surface area contributed by atoms with Crippen molar-refractivity contribution in [2.75, 3.05) is 0 Å². The van der Waals surface area contributed by atoms with E-state index in [0.717, 1.165) is 0 Å². The summed E-state index contributed by atoms with van der Waals surface area (Å²) in [7, 11) is -0.250. The van der Waals surface area contributed by atoms with Crippen LogP contribution in [0.15, 0.2) is 0 Å². The van der Waals surface area contributed by atoms with Crippen molar-refractivity contribution in [3.8, 4) is 0 Å². The Morgan fingerprint density at radius 3 is 1.33 bits per heavy atom. The van der Waals surface area contributed by atoms with Gasteiger partial charge in [0.05, 0.1) is 0 Å². The largest absolute Gasteiger partial charge is 0 e. The third-order valence-electron chi connectivity index (χ3n) is 0. The van der Waals surface area contributed by atoms with Crippen LogP contribution in [0.4, 0.5) is 0 Å². The second-order valence-corrected chi connectivity index (χ2v) is 0.105. The minimum atomic E-state index is -0.250. The third kappa shape index (κ3) is 172. The van der Waals surface area contributed by atoms with Gasteiger partial charge in [-0.3, -0.25) is 0 Å². The summed E-state index contributed by atoms with van der Waals surface area (Å²) in [5.74, 6) is 0. The second kappa shape index (κ2) is 46.7. The van der Waals surface area contributed by atoms with Crippen molar-refractivity contribution in [2.24, 2.45) is 0 Å². The molecule has 5 N–H and O–H groups in total. The molecule has 0 unspecified atom stereocenters. The van der Waals surface area contributed by atoms with E-state index in [0.29, 0.717) is 0 Å². The van der Waals surface area contributed by atoms with Crippen molar-refractivity contribution in [3.63, 3.8) is 0 Å². The van der Waals surface area contributed by atoms with E-state index in [1.807, 2.05) is 0 Å². The Hall–Kier alpha value is 0.585. The molecule has 0 aliphatic carbocycles. The monoisotopic (exact) mass is 103 g/mol. The van der Waals surface area contributed by atoms with Crippen molar-refractivity contribution < 1.29 is 20.7 Å². The van der Waals surface area contributed by atoms with Crippen molar-refractivity contribution in [1.29, 1.82) is 0 Å². The van der Waals surface area contributed by atoms with E-state index in [2.05, 4.69) is 0 Å². The molecule has 0 amide bonds. The molecule has 0 aliphatic rings. The maximum atomic E-state index is 8.36. The quantitative estimate of drug-likeness (QED) is 0.328. The van der Waals surface area contributed by atoms with Crippen LogP contribution < -0.4 is 0 Å². The van der Waals surface area contributed by atoms with Crippen molar-refractivity contribution in [2.45, 2.75) is 0 Å². The molecule has 0 rings (SSSR count). The maximum absolute atomic E-state index is 8.36. The fraction of sp³-hybridized carbons (Fsp3) is 0. The molecular weight excluding hydrogens is 97.8 g/mol. The topological polar surface area (TPSA) is 100 Å². The summed E-state index contributed by atoms with van der Waals surface area (Å²) in [5, 5.41) is 6.89. The van der Waals surface area contributed by atoms with Gasteiger partial charge in [0.15, 0.2) is 0 Å². The number of hydrogen-bond donors (Lipinski definition) is 1. The van der Waals surface area contributed by atoms with Gasteiger partial charge in [-0.1, -0.05) is 0 Å². The third-order valence-corrected chi connectivity index (χ3v) is 0. The van der Waals surface area contributed by atoms with E-state index < -0.39 is 0 Å². The zero-order chi connectivity index (χ0) is 2.71. The second-order valence-electron chi connectivity index (χ2n) is 0.105. The minimum Gasteiger partial charge on any atom is 0 e. The van der Waals surface area contributed by atoms with E-state index in [9.17, 15) is 0 Å². The molecule has 4 nitrogen and oxygen atoms in total. The predicted molar refractivity (Wildman–Crippen MR) is 21.6 cm³/mol. The molecular formula is H5BNaO4. The Balaban J connectivity index is -0.00000000667. The zero-order valence-corrected chi connectivity index (χ0v) is 5.43. The van der Waals surface area contributed by atoms with Crippen LogP contribution in [-0.2, 0) is 4.70 Å². The first-order valence-corrected chi connectivity index (χ1v) is 0.494. The summed E-state index contributed by atoms with van der Waals surface area (Å²) in [4.78, 5) is 0. The molecule has 6 heteroatoms. The van der Waals surface area contributed by atoms with Crippen LogP contribution in [0.3, 0.4) is 0 Å². The molecule has 0 aromatic heterocycles. The Labute approximate surface area is 57.7 Å². The van der Waals surface area contributed by atoms with E-state index >= 15 is 0 Å². The molecule has 0 aliphatic heterocycles. The SMILES string of the molecule is O.O.O=BO.[Na]. The van der Waals surface area contributed by atoms with E-state index in [4.69, 9.17) is 9.73 Å². The van der Waals surface area contributed by atoms with Gasteiger partial charge in [-0.2, -0.15) is 0 Å². The number of rotatable bonds is 0. The first-order chi connectivity index (χ1) is 1.41. The smallest absolute Gasteiger partial charge is 0 e. The summed E-state index contributed by atoms with van der Waals surface area (Å²) in [5.41, 5.74) is 0. The first kappa shape index (κ1) is 30.7. The van der Waals surface area contributed by atoms with Gasteiger partial charge in [-0.15, -0.1) is 0 Å². The van der Waals surface area contributed by atoms with Crippen molar-refractivity contribution in [1.82, 2.24) is 0 Å². The summed E-state index contributed by atoms with van der Waals surface area (Å²) < 4.78 is 8.36. The van der Waals surface area contributed by atoms with Gasteiger partial charge in [0.25, 0.3) is 0 Å². The first-order valence-electron chi connectivity index (χ1n) is 0.494. The fourth-order valence-corrected chi connectivity index (χ4v) is 0. The van der Waals surface area contributed by atoms with Crippen LogP contribution in [0, 0.1) is 0 Å². The Kier molecular flexibility index (Phi) is 239. The molecule has 0 atom stereocenters. The number of hydrogen-bond acceptors (Lipinski definition) is 1. The van der Waals surface area contributed by atoms with Crippen molar-refractivity contribution >= 4 is 36.9 Å². The summed E-state index contributed by atoms with van der Waals surface area (Å²) in [6, 6.07) is 0. The molecule has 33 valence electrons. The average Bonchev–Trinajstić information content (AvgIpc) is 0.918. The fourth-order valence-electron chi connectivity index (χ4n) is 0. The molecule has 6 heavy (non-hydrogen) atoms. The van der Waals surface area contributed by atoms with Crippen LogP contribution in [0.1, 0.15) is 0 Å². The summed E-state index contributed by atoms with van der Waals surface area (Å²) in [6.07, 6.45) is 0. The normalized spacial score (nSPS) is 1.33. The van der Waals surface area contributed by atoms with Gasteiger partial charge in [-0.25, -0.2) is 0 Å². The van der Waals surface area contributed by atoms with Crippen LogP contribution >= 0.6 is 0 Å². The average molecular weight is 103 g/mol. The Morgan fingerprint density at radius 1 is 1.33 bits per heavy atom. The Morgan fingerprint density at radius 2 is 1.33 bits per heavy atom. The maximum Gasteiger partial charge on any atom is 0 e. The molecule has 0 fully saturated rings. The summed E-state index contributed by atoms with van der Waals surface area (Å²) >= 11 is 0. The van der Waals surface area contributed by atoms with Crippen LogP contribution in [0.2, 0.25) is 0 Å². The van der Waals surface area contributed by atoms with E-state index in [-0.39, 0.29) is 47.9 Å². The molecule has 0 aromatic carbocycles. The van der Waals surface area contributed by atoms with E-state index in [1.54, 1.807) is 0 Å². The van der Waals surface area contributed by atoms with Gasteiger partial charge >= 0.3 is 17.1 Å². The van der Waals surface area contributed by atoms with Gasteiger partial charge in [-0.05, 0) is 0 Å². The van der Waals surface area contributed by atoms with E-state index in [1.165, 1.54) is 0 Å². The summed E-state index contributed by atoms with van der Waals surface area (Å²) in [6.45, 7) is 0. The molecule has 1 radical (unpaired) electrons. The molecule has 0 spiro atoms. The van der Waals surface area contributed by atoms with Crippen molar-refractivity contribution in [3.05, 3.63) is 0 Å². The van der Waals surface area contributed by atoms with Gasteiger partial charge in [0.2, 0.25) is 0 Å². The zero-order valence-electron chi connectivity index (χ0n) is 3.43. The molecule has 0 saturated heterocycles. The molecule has 0 bridgehead atoms.